The van der Waals surface area contributed by atoms with E-state index in [1.807, 2.05) is 74.5 Å². The van der Waals surface area contributed by atoms with Gasteiger partial charge in [0.25, 0.3) is 0 Å². The SMILES string of the molecule is CC[C@H](C)[C@@H](C(=O)OC)n1cc(CNC(=O)[C@H](Cc2ccccc2)NC(=O)OCc2ccccc2)nn1. The Morgan fingerprint density at radius 2 is 1.65 bits per heavy atom. The highest BCUT2D eigenvalue weighted by atomic mass is 16.5. The van der Waals surface area contributed by atoms with Crippen LogP contribution in [0.1, 0.15) is 43.1 Å². The Labute approximate surface area is 216 Å². The molecule has 1 aromatic heterocycles. The number of methoxy groups -OCH3 is 1. The molecule has 10 nitrogen and oxygen atoms in total. The molecule has 0 saturated carbocycles. The quantitative estimate of drug-likeness (QED) is 0.361. The maximum atomic E-state index is 13.1. The Kier molecular flexibility index (Phi) is 10.2. The normalized spacial score (nSPS) is 13.2. The topological polar surface area (TPSA) is 124 Å². The largest absolute Gasteiger partial charge is 0.467 e. The number of nitrogens with zero attached hydrogens (tertiary/aromatic N) is 3. The first-order valence-corrected chi connectivity index (χ1v) is 12.2. The van der Waals surface area contributed by atoms with E-state index >= 15 is 0 Å². The van der Waals surface area contributed by atoms with Crippen LogP contribution in [0.4, 0.5) is 4.79 Å². The molecule has 3 rings (SSSR count). The van der Waals surface area contributed by atoms with Crippen LogP contribution < -0.4 is 10.6 Å². The van der Waals surface area contributed by atoms with Crippen molar-refractivity contribution in [3.63, 3.8) is 0 Å². The molecule has 3 atom stereocenters. The lowest BCUT2D eigenvalue weighted by atomic mass is 9.99. The Morgan fingerprint density at radius 3 is 2.27 bits per heavy atom. The van der Waals surface area contributed by atoms with Crippen molar-refractivity contribution in [2.45, 2.75) is 51.9 Å². The van der Waals surface area contributed by atoms with Gasteiger partial charge in [0.05, 0.1) is 19.9 Å². The number of hydrogen-bond acceptors (Lipinski definition) is 7. The monoisotopic (exact) mass is 507 g/mol. The summed E-state index contributed by atoms with van der Waals surface area (Å²) in [6.07, 6.45) is 1.94. The molecule has 1 heterocycles. The highest BCUT2D eigenvalue weighted by Gasteiger charge is 2.28. The minimum absolute atomic E-state index is 0.0158. The second kappa shape index (κ2) is 13.8. The molecule has 0 spiro atoms. The van der Waals surface area contributed by atoms with Gasteiger partial charge in [0.15, 0.2) is 6.04 Å². The zero-order chi connectivity index (χ0) is 26.6. The summed E-state index contributed by atoms with van der Waals surface area (Å²) in [5, 5.41) is 13.6. The van der Waals surface area contributed by atoms with Crippen LogP contribution in [0.25, 0.3) is 0 Å². The van der Waals surface area contributed by atoms with Crippen LogP contribution in [0, 0.1) is 5.92 Å². The lowest BCUT2D eigenvalue weighted by Gasteiger charge is -2.20. The maximum Gasteiger partial charge on any atom is 0.408 e. The van der Waals surface area contributed by atoms with E-state index in [-0.39, 0.29) is 25.5 Å². The summed E-state index contributed by atoms with van der Waals surface area (Å²) in [4.78, 5) is 37.8. The summed E-state index contributed by atoms with van der Waals surface area (Å²) in [7, 11) is 1.33. The fourth-order valence-corrected chi connectivity index (χ4v) is 3.74. The van der Waals surface area contributed by atoms with Gasteiger partial charge in [-0.25, -0.2) is 14.3 Å². The molecule has 196 valence electrons. The molecule has 0 fully saturated rings. The molecule has 0 unspecified atom stereocenters. The second-order valence-electron chi connectivity index (χ2n) is 8.71. The van der Waals surface area contributed by atoms with Crippen molar-refractivity contribution in [1.29, 1.82) is 0 Å². The number of carbonyl (C=O) groups is 3. The van der Waals surface area contributed by atoms with E-state index < -0.39 is 30.1 Å². The number of aromatic nitrogens is 3. The van der Waals surface area contributed by atoms with Crippen LogP contribution in [0.15, 0.2) is 66.9 Å². The molecule has 0 bridgehead atoms. The zero-order valence-corrected chi connectivity index (χ0v) is 21.3. The zero-order valence-electron chi connectivity index (χ0n) is 21.3. The number of alkyl carbamates (subject to hydrolysis) is 1. The van der Waals surface area contributed by atoms with Crippen LogP contribution in [0.2, 0.25) is 0 Å². The molecule has 3 aromatic rings. The minimum Gasteiger partial charge on any atom is -0.467 e. The van der Waals surface area contributed by atoms with Gasteiger partial charge >= 0.3 is 12.1 Å². The lowest BCUT2D eigenvalue weighted by Crippen LogP contribution is -2.48. The molecule has 0 aliphatic heterocycles. The van der Waals surface area contributed by atoms with Gasteiger partial charge in [-0.2, -0.15) is 0 Å². The van der Waals surface area contributed by atoms with Crippen LogP contribution in [0.5, 0.6) is 0 Å². The maximum absolute atomic E-state index is 13.1. The molecule has 37 heavy (non-hydrogen) atoms. The molecule has 0 aliphatic rings. The number of esters is 1. The van der Waals surface area contributed by atoms with Gasteiger partial charge in [-0.3, -0.25) is 4.79 Å². The number of carbonyl (C=O) groups excluding carboxylic acids is 3. The third-order valence-corrected chi connectivity index (χ3v) is 6.02. The summed E-state index contributed by atoms with van der Waals surface area (Å²) >= 11 is 0. The first kappa shape index (κ1) is 27.4. The Bertz CT molecular complexity index is 1150. The van der Waals surface area contributed by atoms with Crippen LogP contribution in [0.3, 0.4) is 0 Å². The first-order chi connectivity index (χ1) is 17.9. The minimum atomic E-state index is -0.872. The van der Waals surface area contributed by atoms with E-state index in [9.17, 15) is 14.4 Å². The standard InChI is InChI=1S/C27H33N5O5/c1-4-19(2)24(26(34)36-3)32-17-22(30-31-32)16-28-25(33)23(15-20-11-7-5-8-12-20)29-27(35)37-18-21-13-9-6-10-14-21/h5-14,17,19,23-24H,4,15-16,18H2,1-3H3,(H,28,33)(H,29,35)/t19-,23-,24-/m0/s1. The van der Waals surface area contributed by atoms with Crippen molar-refractivity contribution in [3.8, 4) is 0 Å². The number of ether oxygens (including phenoxy) is 2. The molecular formula is C27H33N5O5. The van der Waals surface area contributed by atoms with E-state index in [1.165, 1.54) is 11.8 Å². The van der Waals surface area contributed by atoms with Crippen molar-refractivity contribution in [2.75, 3.05) is 7.11 Å². The summed E-state index contributed by atoms with van der Waals surface area (Å²) < 4.78 is 11.7. The predicted octanol–water partition coefficient (Wildman–Crippen LogP) is 3.19. The number of amides is 2. The first-order valence-electron chi connectivity index (χ1n) is 12.2. The summed E-state index contributed by atoms with van der Waals surface area (Å²) in [6.45, 7) is 4.07. The van der Waals surface area contributed by atoms with Crippen molar-refractivity contribution >= 4 is 18.0 Å². The smallest absolute Gasteiger partial charge is 0.408 e. The average molecular weight is 508 g/mol. The molecule has 0 saturated heterocycles. The van der Waals surface area contributed by atoms with Crippen molar-refractivity contribution in [1.82, 2.24) is 25.6 Å². The lowest BCUT2D eigenvalue weighted by molar-refractivity contribution is -0.146. The van der Waals surface area contributed by atoms with E-state index in [4.69, 9.17) is 9.47 Å². The molecule has 0 aliphatic carbocycles. The molecule has 2 amide bonds. The predicted molar refractivity (Wildman–Crippen MR) is 136 cm³/mol. The van der Waals surface area contributed by atoms with Crippen LogP contribution in [-0.4, -0.2) is 46.1 Å². The second-order valence-corrected chi connectivity index (χ2v) is 8.71. The fourth-order valence-electron chi connectivity index (χ4n) is 3.74. The van der Waals surface area contributed by atoms with E-state index in [1.54, 1.807) is 6.20 Å². The summed E-state index contributed by atoms with van der Waals surface area (Å²) in [6, 6.07) is 17.2. The molecule has 10 heteroatoms. The summed E-state index contributed by atoms with van der Waals surface area (Å²) in [5.74, 6) is -0.824. The van der Waals surface area contributed by atoms with Crippen molar-refractivity contribution in [2.24, 2.45) is 5.92 Å². The number of hydrogen-bond donors (Lipinski definition) is 2. The number of benzene rings is 2. The van der Waals surface area contributed by atoms with Crippen molar-refractivity contribution < 1.29 is 23.9 Å². The highest BCUT2D eigenvalue weighted by Crippen LogP contribution is 2.21. The van der Waals surface area contributed by atoms with Gasteiger partial charge in [0.2, 0.25) is 5.91 Å². The molecule has 0 radical (unpaired) electrons. The van der Waals surface area contributed by atoms with E-state index in [2.05, 4.69) is 20.9 Å². The third kappa shape index (κ3) is 8.16. The van der Waals surface area contributed by atoms with Gasteiger partial charge in [-0.15, -0.1) is 5.10 Å². The summed E-state index contributed by atoms with van der Waals surface area (Å²) in [5.41, 5.74) is 2.19. The Balaban J connectivity index is 1.64. The van der Waals surface area contributed by atoms with Gasteiger partial charge in [0.1, 0.15) is 18.3 Å². The van der Waals surface area contributed by atoms with Gasteiger partial charge in [-0.1, -0.05) is 86.1 Å². The number of rotatable bonds is 12. The van der Waals surface area contributed by atoms with Crippen molar-refractivity contribution in [3.05, 3.63) is 83.7 Å². The highest BCUT2D eigenvalue weighted by molar-refractivity contribution is 5.85. The Morgan fingerprint density at radius 1 is 1.00 bits per heavy atom. The Hall–Kier alpha value is -4.21. The van der Waals surface area contributed by atoms with Crippen LogP contribution in [-0.2, 0) is 38.6 Å². The fraction of sp³-hybridized carbons (Fsp3) is 0.370. The molecule has 2 aromatic carbocycles. The van der Waals surface area contributed by atoms with E-state index in [0.717, 1.165) is 17.5 Å². The molecular weight excluding hydrogens is 474 g/mol. The van der Waals surface area contributed by atoms with Gasteiger partial charge in [0, 0.05) is 6.42 Å². The third-order valence-electron chi connectivity index (χ3n) is 6.02. The van der Waals surface area contributed by atoms with Crippen LogP contribution >= 0.6 is 0 Å². The van der Waals surface area contributed by atoms with Gasteiger partial charge < -0.3 is 20.1 Å². The van der Waals surface area contributed by atoms with E-state index in [0.29, 0.717) is 5.69 Å². The molecule has 2 N–H and O–H groups in total. The average Bonchev–Trinajstić information content (AvgIpc) is 3.39. The van der Waals surface area contributed by atoms with Gasteiger partial charge in [-0.05, 0) is 17.0 Å². The number of nitrogens with one attached hydrogen (secondary N) is 2.